The minimum atomic E-state index is -2.13. The van der Waals surface area contributed by atoms with E-state index in [-0.39, 0.29) is 58.0 Å². The van der Waals surface area contributed by atoms with Gasteiger partial charge in [-0.05, 0) is 88.3 Å². The maximum absolute atomic E-state index is 13.0. The molecule has 0 aliphatic carbocycles. The van der Waals surface area contributed by atoms with E-state index >= 15 is 0 Å². The molecule has 1 unspecified atom stereocenters. The molecule has 13 nitrogen and oxygen atoms in total. The van der Waals surface area contributed by atoms with E-state index in [9.17, 15) is 14.4 Å². The molecule has 1 rings (SSSR count). The predicted molar refractivity (Wildman–Crippen MR) is 209 cm³/mol. The molecule has 0 heterocycles. The SMILES string of the molecule is CCCNC(=O)/C(Br)=C\C(=O)NCCOCCOCCC(=O)Nc1cc(C[C@H](C)CC(C)C(C)(C)C)ccc1O[Si](C)(C)C(C)(C)C.O=C=O.O=C=O. The third-order valence-electron chi connectivity index (χ3n) is 8.71. The second-order valence-corrected chi connectivity index (χ2v) is 20.8. The zero-order valence-electron chi connectivity index (χ0n) is 33.5. The molecule has 0 saturated carbocycles. The zero-order valence-corrected chi connectivity index (χ0v) is 36.1. The number of anilines is 1. The lowest BCUT2D eigenvalue weighted by molar-refractivity contribution is -0.193. The summed E-state index contributed by atoms with van der Waals surface area (Å²) in [6, 6.07) is 6.22. The highest BCUT2D eigenvalue weighted by atomic mass is 79.9. The second kappa shape index (κ2) is 27.2. The molecule has 3 amide bonds. The van der Waals surface area contributed by atoms with Crippen molar-refractivity contribution in [2.45, 2.75) is 106 Å². The topological polar surface area (TPSA) is 183 Å². The maximum Gasteiger partial charge on any atom is 0.373 e. The van der Waals surface area contributed by atoms with Crippen LogP contribution in [0.2, 0.25) is 18.1 Å². The van der Waals surface area contributed by atoms with E-state index in [1.165, 1.54) is 11.6 Å². The first-order valence-corrected chi connectivity index (χ1v) is 21.5. The smallest absolute Gasteiger partial charge is 0.373 e. The van der Waals surface area contributed by atoms with Gasteiger partial charge >= 0.3 is 12.3 Å². The van der Waals surface area contributed by atoms with E-state index in [1.54, 1.807) is 0 Å². The molecule has 15 heteroatoms. The minimum absolute atomic E-state index is 0.0201. The van der Waals surface area contributed by atoms with Gasteiger partial charge in [0.05, 0.1) is 43.0 Å². The number of hydrogen-bond acceptors (Lipinski definition) is 10. The van der Waals surface area contributed by atoms with Gasteiger partial charge in [-0.2, -0.15) is 19.2 Å². The summed E-state index contributed by atoms with van der Waals surface area (Å²) in [7, 11) is -2.13. The summed E-state index contributed by atoms with van der Waals surface area (Å²) in [4.78, 5) is 69.2. The molecule has 1 aromatic carbocycles. The summed E-state index contributed by atoms with van der Waals surface area (Å²) in [5.41, 5.74) is 2.16. The Morgan fingerprint density at radius 2 is 1.45 bits per heavy atom. The van der Waals surface area contributed by atoms with Crippen LogP contribution >= 0.6 is 15.9 Å². The molecule has 0 aliphatic rings. The fourth-order valence-electron chi connectivity index (χ4n) is 4.26. The van der Waals surface area contributed by atoms with Crippen molar-refractivity contribution in [3.05, 3.63) is 34.3 Å². The summed E-state index contributed by atoms with van der Waals surface area (Å²) < 4.78 is 17.9. The van der Waals surface area contributed by atoms with Crippen LogP contribution in [0, 0.1) is 17.3 Å². The zero-order chi connectivity index (χ0) is 41.3. The summed E-state index contributed by atoms with van der Waals surface area (Å²) in [6.07, 6.45) is 4.78. The summed E-state index contributed by atoms with van der Waals surface area (Å²) in [5, 5.41) is 8.47. The fourth-order valence-corrected chi connectivity index (χ4v) is 5.64. The number of benzene rings is 1. The lowest BCUT2D eigenvalue weighted by Crippen LogP contribution is -2.44. The Hall–Kier alpha value is -3.45. The van der Waals surface area contributed by atoms with E-state index in [2.05, 4.69) is 112 Å². The molecule has 0 aromatic heterocycles. The van der Waals surface area contributed by atoms with E-state index in [0.29, 0.717) is 56.2 Å². The molecule has 0 spiro atoms. The minimum Gasteiger partial charge on any atom is -0.542 e. The number of hydrogen-bond donors (Lipinski definition) is 3. The van der Waals surface area contributed by atoms with Gasteiger partial charge in [0.2, 0.25) is 11.8 Å². The second-order valence-electron chi connectivity index (χ2n) is 15.2. The molecule has 0 fully saturated rings. The van der Waals surface area contributed by atoms with Crippen LogP contribution in [0.25, 0.3) is 0 Å². The van der Waals surface area contributed by atoms with Crippen molar-refractivity contribution in [1.82, 2.24) is 10.6 Å². The third kappa shape index (κ3) is 24.5. The molecule has 0 aliphatic heterocycles. The Kier molecular flexibility index (Phi) is 26.5. The molecule has 53 heavy (non-hydrogen) atoms. The molecule has 1 aromatic rings. The van der Waals surface area contributed by atoms with Crippen LogP contribution in [-0.2, 0) is 49.5 Å². The van der Waals surface area contributed by atoms with Crippen molar-refractivity contribution >= 4 is 60.0 Å². The van der Waals surface area contributed by atoms with Crippen LogP contribution in [-0.4, -0.2) is 77.9 Å². The van der Waals surface area contributed by atoms with Gasteiger partial charge in [-0.1, -0.05) is 68.4 Å². The van der Waals surface area contributed by atoms with Crippen molar-refractivity contribution in [2.24, 2.45) is 17.3 Å². The van der Waals surface area contributed by atoms with Gasteiger partial charge in [0.1, 0.15) is 5.75 Å². The highest BCUT2D eigenvalue weighted by molar-refractivity contribution is 9.12. The largest absolute Gasteiger partial charge is 0.542 e. The first-order valence-electron chi connectivity index (χ1n) is 17.8. The van der Waals surface area contributed by atoms with Crippen molar-refractivity contribution in [2.75, 3.05) is 44.8 Å². The fraction of sp³-hybridized carbons (Fsp3) is 0.658. The Morgan fingerprint density at radius 1 is 0.887 bits per heavy atom. The number of nitrogens with one attached hydrogen (secondary N) is 3. The Labute approximate surface area is 325 Å². The molecule has 0 bridgehead atoms. The first kappa shape index (κ1) is 51.7. The maximum atomic E-state index is 13.0. The Bertz CT molecular complexity index is 1350. The van der Waals surface area contributed by atoms with Crippen LogP contribution in [0.5, 0.6) is 5.75 Å². The van der Waals surface area contributed by atoms with Crippen LogP contribution in [0.15, 0.2) is 28.8 Å². The quantitative estimate of drug-likeness (QED) is 0.0752. The average molecular weight is 829 g/mol. The van der Waals surface area contributed by atoms with E-state index < -0.39 is 8.32 Å². The highest BCUT2D eigenvalue weighted by Gasteiger charge is 2.39. The van der Waals surface area contributed by atoms with Crippen LogP contribution < -0.4 is 20.4 Å². The number of carbonyl (C=O) groups is 3. The lowest BCUT2D eigenvalue weighted by atomic mass is 9.76. The average Bonchev–Trinajstić information content (AvgIpc) is 3.03. The molecular weight excluding hydrogens is 766 g/mol. The molecular formula is C38H62BrN3O10Si. The number of halogens is 1. The number of ether oxygens (including phenoxy) is 2. The normalized spacial score (nSPS) is 12.6. The number of carbonyl (C=O) groups excluding carboxylic acids is 7. The van der Waals surface area contributed by atoms with Crippen molar-refractivity contribution in [1.29, 1.82) is 0 Å². The van der Waals surface area contributed by atoms with Crippen molar-refractivity contribution in [3.8, 4) is 5.75 Å². The number of amides is 3. The first-order chi connectivity index (χ1) is 24.6. The van der Waals surface area contributed by atoms with Crippen molar-refractivity contribution < 1.29 is 47.5 Å². The molecule has 3 N–H and O–H groups in total. The van der Waals surface area contributed by atoms with Crippen LogP contribution in [0.1, 0.15) is 87.1 Å². The monoisotopic (exact) mass is 827 g/mol. The van der Waals surface area contributed by atoms with Gasteiger partial charge in [-0.25, -0.2) is 0 Å². The van der Waals surface area contributed by atoms with E-state index in [4.69, 9.17) is 33.1 Å². The summed E-state index contributed by atoms with van der Waals surface area (Å²) >= 11 is 3.11. The van der Waals surface area contributed by atoms with Gasteiger partial charge in [-0.15, -0.1) is 0 Å². The van der Waals surface area contributed by atoms with Gasteiger partial charge in [-0.3, -0.25) is 14.4 Å². The van der Waals surface area contributed by atoms with Gasteiger partial charge in [0.25, 0.3) is 14.2 Å². The van der Waals surface area contributed by atoms with Crippen molar-refractivity contribution in [3.63, 3.8) is 0 Å². The molecule has 0 saturated heterocycles. The summed E-state index contributed by atoms with van der Waals surface area (Å²) in [6.45, 7) is 26.5. The van der Waals surface area contributed by atoms with E-state index in [1.807, 2.05) is 13.0 Å². The third-order valence-corrected chi connectivity index (χ3v) is 13.6. The molecule has 2 atom stereocenters. The Balaban J connectivity index is 0. The number of rotatable bonds is 20. The standard InChI is InChI=1S/C36H62BrN3O6Si.2CO2/c1-12-16-39-34(43)29(37)25-33(42)38-17-19-45-21-20-44-18-15-32(41)40-30-24-28(23-26(2)22-27(3)35(4,5)6)13-14-31(30)46-47(10,11)36(7,8)9;2*2-1-3/h13-14,24-27H,12,15-23H2,1-11H3,(H,38,42)(H,39,43)(H,40,41);;/b29-25+;;/t26-,27?;;/m1../s1. The van der Waals surface area contributed by atoms with Crippen LogP contribution in [0.3, 0.4) is 0 Å². The predicted octanol–water partition coefficient (Wildman–Crippen LogP) is 6.44. The van der Waals surface area contributed by atoms with E-state index in [0.717, 1.165) is 19.3 Å². The lowest BCUT2D eigenvalue weighted by Gasteiger charge is -2.37. The van der Waals surface area contributed by atoms with Crippen LogP contribution in [0.4, 0.5) is 5.69 Å². The van der Waals surface area contributed by atoms with Gasteiger partial charge in [0.15, 0.2) is 0 Å². The Morgan fingerprint density at radius 3 is 1.98 bits per heavy atom. The summed E-state index contributed by atoms with van der Waals surface area (Å²) in [5.74, 6) is 0.974. The molecule has 0 radical (unpaired) electrons. The van der Waals surface area contributed by atoms with Gasteiger partial charge < -0.3 is 29.9 Å². The van der Waals surface area contributed by atoms with Gasteiger partial charge in [0, 0.05) is 19.2 Å². The molecule has 300 valence electrons. The highest BCUT2D eigenvalue weighted by Crippen LogP contribution is 2.40.